The van der Waals surface area contributed by atoms with Gasteiger partial charge in [-0.05, 0) is 12.8 Å². The van der Waals surface area contributed by atoms with E-state index in [1.165, 1.54) is 0 Å². The van der Waals surface area contributed by atoms with Crippen LogP contribution in [0, 0.1) is 0 Å². The predicted molar refractivity (Wildman–Crippen MR) is 89.8 cm³/mol. The van der Waals surface area contributed by atoms with Gasteiger partial charge in [-0.25, -0.2) is 9.97 Å². The topological polar surface area (TPSA) is 41.0 Å². The molecule has 1 aromatic heterocycles. The molecule has 4 heteroatoms. The third-order valence-electron chi connectivity index (χ3n) is 3.85. The zero-order valence-electron chi connectivity index (χ0n) is 13.3. The van der Waals surface area contributed by atoms with Crippen LogP contribution in [0.5, 0.6) is 0 Å². The number of nitrogens with one attached hydrogen (secondary N) is 1. The lowest BCUT2D eigenvalue weighted by atomic mass is 10.1. The number of rotatable bonds is 6. The Morgan fingerprint density at radius 2 is 1.76 bits per heavy atom. The molecule has 0 atom stereocenters. The van der Waals surface area contributed by atoms with E-state index in [9.17, 15) is 0 Å². The van der Waals surface area contributed by atoms with Gasteiger partial charge in [0.05, 0.1) is 0 Å². The summed E-state index contributed by atoms with van der Waals surface area (Å²) in [6.07, 6.45) is 2.21. The van der Waals surface area contributed by atoms with Crippen LogP contribution >= 0.6 is 0 Å². The van der Waals surface area contributed by atoms with Crippen LogP contribution in [-0.4, -0.2) is 30.1 Å². The van der Waals surface area contributed by atoms with Crippen molar-refractivity contribution in [1.82, 2.24) is 9.97 Å². The Balaban J connectivity index is 2.43. The average Bonchev–Trinajstić information content (AvgIpc) is 2.56. The molecule has 0 aliphatic heterocycles. The van der Waals surface area contributed by atoms with E-state index >= 15 is 0 Å². The Bertz CT molecular complexity index is 564. The zero-order valence-corrected chi connectivity index (χ0v) is 13.3. The van der Waals surface area contributed by atoms with E-state index in [1.54, 1.807) is 0 Å². The minimum Gasteiger partial charge on any atom is -0.373 e. The third-order valence-corrected chi connectivity index (χ3v) is 3.85. The van der Waals surface area contributed by atoms with Gasteiger partial charge in [-0.1, -0.05) is 44.2 Å². The van der Waals surface area contributed by atoms with Gasteiger partial charge in [0.15, 0.2) is 5.82 Å². The van der Waals surface area contributed by atoms with Crippen molar-refractivity contribution in [2.75, 3.05) is 24.3 Å². The van der Waals surface area contributed by atoms with Crippen LogP contribution in [0.25, 0.3) is 11.4 Å². The highest BCUT2D eigenvalue weighted by Gasteiger charge is 2.15. The predicted octanol–water partition coefficient (Wildman–Crippen LogP) is 3.81. The van der Waals surface area contributed by atoms with Crippen LogP contribution < -0.4 is 10.2 Å². The van der Waals surface area contributed by atoms with Gasteiger partial charge in [0.2, 0.25) is 0 Å². The molecule has 0 aliphatic rings. The number of anilines is 2. The fourth-order valence-electron chi connectivity index (χ4n) is 2.48. The molecular formula is C17H24N4. The van der Waals surface area contributed by atoms with E-state index in [4.69, 9.17) is 4.98 Å². The molecular weight excluding hydrogens is 260 g/mol. The molecule has 21 heavy (non-hydrogen) atoms. The molecule has 0 fully saturated rings. The standard InChI is InChI=1S/C17H24N4/c1-5-14(6-2)21(4)16-12-15(18-3)19-17(20-16)13-10-8-7-9-11-13/h7-12,14H,5-6H2,1-4H3,(H,18,19,20). The molecule has 1 aromatic carbocycles. The molecule has 1 N–H and O–H groups in total. The van der Waals surface area contributed by atoms with Gasteiger partial charge in [-0.3, -0.25) is 0 Å². The van der Waals surface area contributed by atoms with Crippen LogP contribution in [0.15, 0.2) is 36.4 Å². The second-order valence-corrected chi connectivity index (χ2v) is 5.13. The zero-order chi connectivity index (χ0) is 15.2. The number of benzene rings is 1. The summed E-state index contributed by atoms with van der Waals surface area (Å²) in [5.41, 5.74) is 1.04. The highest BCUT2D eigenvalue weighted by Crippen LogP contribution is 2.23. The van der Waals surface area contributed by atoms with Crippen molar-refractivity contribution >= 4 is 11.6 Å². The van der Waals surface area contributed by atoms with Gasteiger partial charge in [0, 0.05) is 31.8 Å². The van der Waals surface area contributed by atoms with E-state index in [0.29, 0.717) is 6.04 Å². The molecule has 0 unspecified atom stereocenters. The number of aromatic nitrogens is 2. The summed E-state index contributed by atoms with van der Waals surface area (Å²) in [6, 6.07) is 12.6. The Labute approximate surface area is 127 Å². The van der Waals surface area contributed by atoms with E-state index in [2.05, 4.69) is 36.1 Å². The molecule has 0 amide bonds. The number of hydrogen-bond acceptors (Lipinski definition) is 4. The maximum absolute atomic E-state index is 4.74. The third kappa shape index (κ3) is 3.51. The Hall–Kier alpha value is -2.10. The lowest BCUT2D eigenvalue weighted by Gasteiger charge is -2.27. The van der Waals surface area contributed by atoms with Gasteiger partial charge in [-0.15, -0.1) is 0 Å². The molecule has 2 aromatic rings. The largest absolute Gasteiger partial charge is 0.373 e. The van der Waals surface area contributed by atoms with Crippen molar-refractivity contribution in [3.05, 3.63) is 36.4 Å². The SMILES string of the molecule is CCC(CC)N(C)c1cc(NC)nc(-c2ccccc2)n1. The summed E-state index contributed by atoms with van der Waals surface area (Å²) in [5, 5.41) is 3.13. The minimum atomic E-state index is 0.494. The smallest absolute Gasteiger partial charge is 0.163 e. The van der Waals surface area contributed by atoms with Gasteiger partial charge >= 0.3 is 0 Å². The van der Waals surface area contributed by atoms with Crippen LogP contribution in [0.1, 0.15) is 26.7 Å². The van der Waals surface area contributed by atoms with Gasteiger partial charge in [-0.2, -0.15) is 0 Å². The number of hydrogen-bond donors (Lipinski definition) is 1. The molecule has 0 aliphatic carbocycles. The van der Waals surface area contributed by atoms with Crippen molar-refractivity contribution in [2.45, 2.75) is 32.7 Å². The molecule has 0 saturated heterocycles. The maximum atomic E-state index is 4.74. The Morgan fingerprint density at radius 1 is 1.10 bits per heavy atom. The summed E-state index contributed by atoms with van der Waals surface area (Å²) in [4.78, 5) is 11.6. The summed E-state index contributed by atoms with van der Waals surface area (Å²) in [5.74, 6) is 2.56. The summed E-state index contributed by atoms with van der Waals surface area (Å²) in [7, 11) is 3.99. The molecule has 0 spiro atoms. The second-order valence-electron chi connectivity index (χ2n) is 5.13. The highest BCUT2D eigenvalue weighted by molar-refractivity contribution is 5.61. The Morgan fingerprint density at radius 3 is 2.33 bits per heavy atom. The lowest BCUT2D eigenvalue weighted by Crippen LogP contribution is -2.31. The van der Waals surface area contributed by atoms with Gasteiger partial charge < -0.3 is 10.2 Å². The molecule has 0 bridgehead atoms. The van der Waals surface area contributed by atoms with E-state index in [0.717, 1.165) is 35.9 Å². The van der Waals surface area contributed by atoms with E-state index in [1.807, 2.05) is 43.4 Å². The van der Waals surface area contributed by atoms with Crippen molar-refractivity contribution in [1.29, 1.82) is 0 Å². The average molecular weight is 284 g/mol. The van der Waals surface area contributed by atoms with Gasteiger partial charge in [0.25, 0.3) is 0 Å². The normalized spacial score (nSPS) is 10.7. The summed E-state index contributed by atoms with van der Waals surface area (Å²) >= 11 is 0. The fraction of sp³-hybridized carbons (Fsp3) is 0.412. The first-order chi connectivity index (χ1) is 10.2. The van der Waals surface area contributed by atoms with Crippen LogP contribution in [0.3, 0.4) is 0 Å². The van der Waals surface area contributed by atoms with Gasteiger partial charge in [0.1, 0.15) is 11.6 Å². The quantitative estimate of drug-likeness (QED) is 0.875. The van der Waals surface area contributed by atoms with Crippen LogP contribution in [0.2, 0.25) is 0 Å². The van der Waals surface area contributed by atoms with Crippen molar-refractivity contribution in [2.24, 2.45) is 0 Å². The first kappa shape index (κ1) is 15.3. The lowest BCUT2D eigenvalue weighted by molar-refractivity contribution is 0.586. The van der Waals surface area contributed by atoms with E-state index < -0.39 is 0 Å². The molecule has 112 valence electrons. The first-order valence-electron chi connectivity index (χ1n) is 7.54. The van der Waals surface area contributed by atoms with Crippen LogP contribution in [0.4, 0.5) is 11.6 Å². The second kappa shape index (κ2) is 7.07. The molecule has 0 saturated carbocycles. The molecule has 1 heterocycles. The van der Waals surface area contributed by atoms with Crippen molar-refractivity contribution in [3.8, 4) is 11.4 Å². The van der Waals surface area contributed by atoms with Crippen molar-refractivity contribution in [3.63, 3.8) is 0 Å². The minimum absolute atomic E-state index is 0.494. The maximum Gasteiger partial charge on any atom is 0.163 e. The fourth-order valence-corrected chi connectivity index (χ4v) is 2.48. The Kier molecular flexibility index (Phi) is 5.14. The summed E-state index contributed by atoms with van der Waals surface area (Å²) in [6.45, 7) is 4.42. The van der Waals surface area contributed by atoms with Crippen molar-refractivity contribution < 1.29 is 0 Å². The highest BCUT2D eigenvalue weighted by atomic mass is 15.2. The monoisotopic (exact) mass is 284 g/mol. The molecule has 0 radical (unpaired) electrons. The molecule has 4 nitrogen and oxygen atoms in total. The first-order valence-corrected chi connectivity index (χ1v) is 7.54. The summed E-state index contributed by atoms with van der Waals surface area (Å²) < 4.78 is 0. The number of nitrogens with zero attached hydrogens (tertiary/aromatic N) is 3. The van der Waals surface area contributed by atoms with Crippen LogP contribution in [-0.2, 0) is 0 Å². The van der Waals surface area contributed by atoms with E-state index in [-0.39, 0.29) is 0 Å². The molecule has 2 rings (SSSR count).